The molecule has 1 aliphatic heterocycles. The van der Waals surface area contributed by atoms with Gasteiger partial charge < -0.3 is 54.4 Å². The van der Waals surface area contributed by atoms with Gasteiger partial charge in [-0.3, -0.25) is 4.79 Å². The number of methoxy groups -OCH3 is 1. The lowest BCUT2D eigenvalue weighted by Crippen LogP contribution is -2.60. The highest BCUT2D eigenvalue weighted by atomic mass is 16.7. The number of rotatable bonds is 5. The number of hydrogen-bond donors (Lipinski definition) is 7. The van der Waals surface area contributed by atoms with E-state index in [1.165, 1.54) is 19.2 Å². The van der Waals surface area contributed by atoms with Crippen molar-refractivity contribution < 1.29 is 54.4 Å². The van der Waals surface area contributed by atoms with Gasteiger partial charge >= 0.3 is 0 Å². The minimum atomic E-state index is -1.82. The van der Waals surface area contributed by atoms with Gasteiger partial charge in [0.15, 0.2) is 17.3 Å². The highest BCUT2D eigenvalue weighted by molar-refractivity contribution is 5.88. The number of fused-ring (bicyclic) bond motifs is 1. The second kappa shape index (κ2) is 9.00. The van der Waals surface area contributed by atoms with Gasteiger partial charge in [-0.2, -0.15) is 0 Å². The van der Waals surface area contributed by atoms with Crippen LogP contribution in [0.15, 0.2) is 39.5 Å². The van der Waals surface area contributed by atoms with Gasteiger partial charge in [0.05, 0.1) is 13.7 Å². The standard InChI is InChI=1S/C22H22O12/c1-31-12-5-9(24)6-13-15(12)17(28)21(20(32-13)8-2-3-10(25)11(26)4-8)34-22-19(30)18(29)16(27)14(7-23)33-22/h2-6,14,16,18-19,22-27,29-30H,7H2,1H3/t14-,16-,18?,19?,22+/m1/s1. The predicted octanol–water partition coefficient (Wildman–Crippen LogP) is -0.236. The molecule has 5 atom stereocenters. The molecule has 2 unspecified atom stereocenters. The molecular formula is C22H22O12. The average molecular weight is 478 g/mol. The number of aliphatic hydroxyl groups excluding tert-OH is 4. The van der Waals surface area contributed by atoms with Gasteiger partial charge in [-0.05, 0) is 18.2 Å². The Morgan fingerprint density at radius 1 is 0.971 bits per heavy atom. The zero-order chi connectivity index (χ0) is 24.7. The molecule has 0 bridgehead atoms. The molecule has 0 amide bonds. The number of aromatic hydroxyl groups is 3. The van der Waals surface area contributed by atoms with Crippen molar-refractivity contribution in [2.75, 3.05) is 13.7 Å². The van der Waals surface area contributed by atoms with Crippen molar-refractivity contribution in [1.82, 2.24) is 0 Å². The largest absolute Gasteiger partial charge is 0.508 e. The van der Waals surface area contributed by atoms with Gasteiger partial charge in [0.2, 0.25) is 17.5 Å². The Morgan fingerprint density at radius 3 is 2.35 bits per heavy atom. The summed E-state index contributed by atoms with van der Waals surface area (Å²) in [5, 5.41) is 69.3. The van der Waals surface area contributed by atoms with Crippen molar-refractivity contribution >= 4 is 11.0 Å². The van der Waals surface area contributed by atoms with E-state index in [1.807, 2.05) is 0 Å². The second-order valence-corrected chi connectivity index (χ2v) is 7.63. The van der Waals surface area contributed by atoms with Crippen molar-refractivity contribution in [1.29, 1.82) is 0 Å². The first-order valence-electron chi connectivity index (χ1n) is 10.0. The number of benzene rings is 2. The fraction of sp³-hybridized carbons (Fsp3) is 0.318. The van der Waals surface area contributed by atoms with E-state index in [0.717, 1.165) is 18.2 Å². The summed E-state index contributed by atoms with van der Waals surface area (Å²) in [7, 11) is 1.26. The molecular weight excluding hydrogens is 456 g/mol. The Balaban J connectivity index is 1.93. The van der Waals surface area contributed by atoms with Gasteiger partial charge in [-0.1, -0.05) is 0 Å². The Labute approximate surface area is 191 Å². The topological polar surface area (TPSA) is 200 Å². The molecule has 182 valence electrons. The van der Waals surface area contributed by atoms with Crippen LogP contribution < -0.4 is 14.9 Å². The van der Waals surface area contributed by atoms with Crippen LogP contribution in [0, 0.1) is 0 Å². The number of aliphatic hydroxyl groups is 4. The molecule has 7 N–H and O–H groups in total. The fourth-order valence-electron chi connectivity index (χ4n) is 3.66. The molecule has 1 saturated heterocycles. The Hall–Kier alpha value is -3.55. The van der Waals surface area contributed by atoms with Gasteiger partial charge in [-0.15, -0.1) is 0 Å². The molecule has 0 aliphatic carbocycles. The van der Waals surface area contributed by atoms with Gasteiger partial charge in [-0.25, -0.2) is 0 Å². The minimum absolute atomic E-state index is 0.0532. The monoisotopic (exact) mass is 478 g/mol. The molecule has 2 aromatic carbocycles. The van der Waals surface area contributed by atoms with Crippen molar-refractivity contribution in [3.8, 4) is 40.1 Å². The lowest BCUT2D eigenvalue weighted by Gasteiger charge is -2.39. The first-order valence-corrected chi connectivity index (χ1v) is 10.0. The predicted molar refractivity (Wildman–Crippen MR) is 114 cm³/mol. The third kappa shape index (κ3) is 3.97. The molecule has 12 nitrogen and oxygen atoms in total. The van der Waals surface area contributed by atoms with E-state index >= 15 is 0 Å². The molecule has 0 radical (unpaired) electrons. The molecule has 3 aromatic rings. The Bertz CT molecular complexity index is 1270. The maximum absolute atomic E-state index is 13.5. The third-order valence-corrected chi connectivity index (χ3v) is 5.44. The number of ether oxygens (including phenoxy) is 3. The molecule has 1 aromatic heterocycles. The van der Waals surface area contributed by atoms with E-state index in [9.17, 15) is 40.5 Å². The van der Waals surface area contributed by atoms with E-state index in [1.54, 1.807) is 0 Å². The van der Waals surface area contributed by atoms with Crippen LogP contribution >= 0.6 is 0 Å². The lowest BCUT2D eigenvalue weighted by molar-refractivity contribution is -0.277. The van der Waals surface area contributed by atoms with Gasteiger partial charge in [0.1, 0.15) is 46.9 Å². The SMILES string of the molecule is COc1cc(O)cc2oc(-c3ccc(O)c(O)c3)c(O[C@@H]3O[C@H](CO)[C@@H](O)C(O)C3O)c(=O)c12. The highest BCUT2D eigenvalue weighted by Gasteiger charge is 2.45. The van der Waals surface area contributed by atoms with Crippen molar-refractivity contribution in [2.24, 2.45) is 0 Å². The zero-order valence-corrected chi connectivity index (χ0v) is 17.7. The van der Waals surface area contributed by atoms with Gasteiger partial charge in [0.25, 0.3) is 0 Å². The summed E-state index contributed by atoms with van der Waals surface area (Å²) in [6.45, 7) is -0.719. The first-order chi connectivity index (χ1) is 16.2. The van der Waals surface area contributed by atoms with Gasteiger partial charge in [0, 0.05) is 17.7 Å². The maximum Gasteiger partial charge on any atom is 0.239 e. The molecule has 12 heteroatoms. The maximum atomic E-state index is 13.5. The summed E-state index contributed by atoms with van der Waals surface area (Å²) in [6, 6.07) is 5.85. The zero-order valence-electron chi connectivity index (χ0n) is 17.7. The summed E-state index contributed by atoms with van der Waals surface area (Å²) in [4.78, 5) is 13.5. The highest BCUT2D eigenvalue weighted by Crippen LogP contribution is 2.39. The van der Waals surface area contributed by atoms with Crippen LogP contribution in [0.1, 0.15) is 0 Å². The van der Waals surface area contributed by atoms with E-state index in [-0.39, 0.29) is 33.8 Å². The van der Waals surface area contributed by atoms with Crippen LogP contribution in [0.2, 0.25) is 0 Å². The van der Waals surface area contributed by atoms with Crippen molar-refractivity contribution in [3.63, 3.8) is 0 Å². The lowest BCUT2D eigenvalue weighted by atomic mass is 9.99. The van der Waals surface area contributed by atoms with Crippen molar-refractivity contribution in [3.05, 3.63) is 40.6 Å². The normalized spacial score (nSPS) is 24.8. The number of phenolic OH excluding ortho intramolecular Hbond substituents is 3. The Kier molecular flexibility index (Phi) is 6.25. The first kappa shape index (κ1) is 23.6. The van der Waals surface area contributed by atoms with Crippen LogP contribution in [0.5, 0.6) is 28.7 Å². The third-order valence-electron chi connectivity index (χ3n) is 5.44. The van der Waals surface area contributed by atoms with Crippen LogP contribution in [-0.4, -0.2) is 80.2 Å². The summed E-state index contributed by atoms with van der Waals surface area (Å²) >= 11 is 0. The summed E-state index contributed by atoms with van der Waals surface area (Å²) in [5.41, 5.74) is -0.862. The van der Waals surface area contributed by atoms with E-state index in [2.05, 4.69) is 0 Å². The smallest absolute Gasteiger partial charge is 0.239 e. The van der Waals surface area contributed by atoms with Crippen LogP contribution in [0.25, 0.3) is 22.3 Å². The Morgan fingerprint density at radius 2 is 1.71 bits per heavy atom. The molecule has 34 heavy (non-hydrogen) atoms. The minimum Gasteiger partial charge on any atom is -0.508 e. The van der Waals surface area contributed by atoms with E-state index in [0.29, 0.717) is 0 Å². The van der Waals surface area contributed by atoms with Crippen molar-refractivity contribution in [2.45, 2.75) is 30.7 Å². The molecule has 1 fully saturated rings. The number of phenols is 3. The molecule has 4 rings (SSSR count). The summed E-state index contributed by atoms with van der Waals surface area (Å²) in [6.07, 6.45) is -8.26. The van der Waals surface area contributed by atoms with Crippen LogP contribution in [0.3, 0.4) is 0 Å². The second-order valence-electron chi connectivity index (χ2n) is 7.63. The van der Waals surface area contributed by atoms with E-state index < -0.39 is 60.0 Å². The average Bonchev–Trinajstić information content (AvgIpc) is 2.81. The fourth-order valence-corrected chi connectivity index (χ4v) is 3.66. The van der Waals surface area contributed by atoms with Crippen LogP contribution in [0.4, 0.5) is 0 Å². The number of hydrogen-bond acceptors (Lipinski definition) is 12. The molecule has 1 aliphatic rings. The molecule has 0 spiro atoms. The van der Waals surface area contributed by atoms with Crippen LogP contribution in [-0.2, 0) is 4.74 Å². The molecule has 0 saturated carbocycles. The molecule has 2 heterocycles. The summed E-state index contributed by atoms with van der Waals surface area (Å²) in [5.74, 6) is -2.12. The van der Waals surface area contributed by atoms with E-state index in [4.69, 9.17) is 18.6 Å². The quantitative estimate of drug-likeness (QED) is 0.238. The summed E-state index contributed by atoms with van der Waals surface area (Å²) < 4.78 is 21.9.